The Morgan fingerprint density at radius 2 is 1.69 bits per heavy atom. The van der Waals surface area contributed by atoms with Crippen LogP contribution in [0.4, 0.5) is 10.7 Å². The quantitative estimate of drug-likeness (QED) is 0.588. The molecule has 26 heavy (non-hydrogen) atoms. The number of anilines is 2. The fourth-order valence-corrected chi connectivity index (χ4v) is 3.73. The van der Waals surface area contributed by atoms with Crippen LogP contribution in [-0.2, 0) is 15.9 Å². The number of benzene rings is 1. The van der Waals surface area contributed by atoms with Crippen molar-refractivity contribution in [2.75, 3.05) is 24.9 Å². The van der Waals surface area contributed by atoms with Crippen molar-refractivity contribution in [2.45, 2.75) is 20.3 Å². The van der Waals surface area contributed by atoms with Crippen molar-refractivity contribution < 1.29 is 19.1 Å². The van der Waals surface area contributed by atoms with Crippen LogP contribution in [0.3, 0.4) is 0 Å². The molecule has 0 radical (unpaired) electrons. The molecule has 0 fully saturated rings. The number of thiocarbonyl (C=S) groups is 1. The number of hydrogen-bond acceptors (Lipinski definition) is 6. The molecule has 2 N–H and O–H groups in total. The summed E-state index contributed by atoms with van der Waals surface area (Å²) in [5.41, 5.74) is 2.80. The largest absolute Gasteiger partial charge is 0.465 e. The second-order valence-electron chi connectivity index (χ2n) is 5.37. The smallest absolute Gasteiger partial charge is 0.348 e. The minimum atomic E-state index is -0.550. The number of methoxy groups -OCH3 is 2. The molecule has 6 nitrogen and oxygen atoms in total. The Labute approximate surface area is 161 Å². The number of carbonyl (C=O) groups excluding carboxylic acids is 2. The number of carbonyl (C=O) groups is 2. The lowest BCUT2D eigenvalue weighted by atomic mass is 10.1. The third kappa shape index (κ3) is 4.39. The summed E-state index contributed by atoms with van der Waals surface area (Å²) in [5.74, 6) is -1.06. The molecule has 0 aliphatic heterocycles. The molecule has 1 aromatic carbocycles. The number of nitrogens with one attached hydrogen (secondary N) is 2. The molecule has 2 aromatic rings. The Hall–Kier alpha value is -2.45. The average Bonchev–Trinajstić information content (AvgIpc) is 2.96. The summed E-state index contributed by atoms with van der Waals surface area (Å²) < 4.78 is 9.59. The van der Waals surface area contributed by atoms with Gasteiger partial charge in [-0.1, -0.05) is 19.1 Å². The molecule has 1 heterocycles. The highest BCUT2D eigenvalue weighted by Crippen LogP contribution is 2.34. The number of esters is 2. The molecular formula is C18H20N2O4S2. The maximum Gasteiger partial charge on any atom is 0.348 e. The van der Waals surface area contributed by atoms with E-state index in [1.807, 2.05) is 24.3 Å². The fraction of sp³-hybridized carbons (Fsp3) is 0.278. The number of rotatable bonds is 5. The molecule has 0 aliphatic rings. The van der Waals surface area contributed by atoms with Crippen LogP contribution in [-0.4, -0.2) is 31.3 Å². The van der Waals surface area contributed by atoms with Gasteiger partial charge in [0.05, 0.1) is 19.8 Å². The van der Waals surface area contributed by atoms with Crippen LogP contribution in [0.2, 0.25) is 0 Å². The molecule has 0 saturated carbocycles. The van der Waals surface area contributed by atoms with Crippen molar-refractivity contribution in [3.05, 3.63) is 45.8 Å². The summed E-state index contributed by atoms with van der Waals surface area (Å²) in [5, 5.41) is 6.76. The standard InChI is InChI=1S/C18H20N2O4S2/c1-5-11-6-8-12(9-7-11)19-18(25)20-15-13(16(21)23-3)10(2)14(26-15)17(22)24-4/h6-9H,5H2,1-4H3,(H2,19,20,25). The maximum absolute atomic E-state index is 12.1. The highest BCUT2D eigenvalue weighted by molar-refractivity contribution is 7.80. The van der Waals surface area contributed by atoms with Gasteiger partial charge < -0.3 is 20.1 Å². The van der Waals surface area contributed by atoms with E-state index in [1.165, 1.54) is 19.8 Å². The maximum atomic E-state index is 12.1. The molecular weight excluding hydrogens is 372 g/mol. The Kier molecular flexibility index (Phi) is 6.70. The highest BCUT2D eigenvalue weighted by atomic mass is 32.1. The normalized spacial score (nSPS) is 10.2. The van der Waals surface area contributed by atoms with Crippen LogP contribution < -0.4 is 10.6 Å². The molecule has 8 heteroatoms. The zero-order chi connectivity index (χ0) is 19.3. The van der Waals surface area contributed by atoms with Crippen molar-refractivity contribution in [3.63, 3.8) is 0 Å². The van der Waals surface area contributed by atoms with Gasteiger partial charge in [-0.25, -0.2) is 9.59 Å². The number of ether oxygens (including phenoxy) is 2. The van der Waals surface area contributed by atoms with Gasteiger partial charge in [0, 0.05) is 5.69 Å². The molecule has 138 valence electrons. The van der Waals surface area contributed by atoms with E-state index in [-0.39, 0.29) is 5.56 Å². The minimum absolute atomic E-state index is 0.267. The van der Waals surface area contributed by atoms with Crippen LogP contribution in [0.25, 0.3) is 0 Å². The summed E-state index contributed by atoms with van der Waals surface area (Å²) >= 11 is 6.42. The zero-order valence-electron chi connectivity index (χ0n) is 15.0. The number of hydrogen-bond donors (Lipinski definition) is 2. The first kappa shape index (κ1) is 19.9. The third-order valence-corrected chi connectivity index (χ3v) is 5.15. The van der Waals surface area contributed by atoms with Crippen LogP contribution in [0.1, 0.15) is 38.1 Å². The van der Waals surface area contributed by atoms with Gasteiger partial charge in [0.15, 0.2) is 5.11 Å². The second-order valence-corrected chi connectivity index (χ2v) is 6.80. The lowest BCUT2D eigenvalue weighted by molar-refractivity contribution is 0.0601. The lowest BCUT2D eigenvalue weighted by Gasteiger charge is -2.11. The Balaban J connectivity index is 2.24. The second kappa shape index (κ2) is 8.77. The first-order valence-corrected chi connectivity index (χ1v) is 9.10. The van der Waals surface area contributed by atoms with Gasteiger partial charge in [0.25, 0.3) is 0 Å². The van der Waals surface area contributed by atoms with Gasteiger partial charge >= 0.3 is 11.9 Å². The highest BCUT2D eigenvalue weighted by Gasteiger charge is 2.26. The van der Waals surface area contributed by atoms with E-state index >= 15 is 0 Å². The predicted octanol–water partition coefficient (Wildman–Crippen LogP) is 4.00. The van der Waals surface area contributed by atoms with E-state index in [0.29, 0.717) is 20.6 Å². The van der Waals surface area contributed by atoms with Crippen LogP contribution >= 0.6 is 23.6 Å². The Morgan fingerprint density at radius 3 is 2.23 bits per heavy atom. The van der Waals surface area contributed by atoms with E-state index in [9.17, 15) is 9.59 Å². The van der Waals surface area contributed by atoms with Gasteiger partial charge in [-0.05, 0) is 48.8 Å². The van der Waals surface area contributed by atoms with E-state index in [0.717, 1.165) is 23.4 Å². The number of thiophene rings is 1. The molecule has 0 atom stereocenters. The molecule has 0 spiro atoms. The molecule has 0 saturated heterocycles. The van der Waals surface area contributed by atoms with E-state index in [1.54, 1.807) is 6.92 Å². The van der Waals surface area contributed by atoms with Crippen molar-refractivity contribution in [3.8, 4) is 0 Å². The lowest BCUT2D eigenvalue weighted by Crippen LogP contribution is -2.20. The molecule has 0 aliphatic carbocycles. The van der Waals surface area contributed by atoms with E-state index in [4.69, 9.17) is 21.7 Å². The monoisotopic (exact) mass is 392 g/mol. The van der Waals surface area contributed by atoms with E-state index in [2.05, 4.69) is 17.6 Å². The predicted molar refractivity (Wildman–Crippen MR) is 107 cm³/mol. The van der Waals surface area contributed by atoms with Crippen LogP contribution in [0, 0.1) is 6.92 Å². The van der Waals surface area contributed by atoms with Gasteiger partial charge in [0.1, 0.15) is 9.88 Å². The molecule has 0 amide bonds. The van der Waals surface area contributed by atoms with Gasteiger partial charge in [-0.2, -0.15) is 0 Å². The molecule has 2 rings (SSSR count). The van der Waals surface area contributed by atoms with Crippen LogP contribution in [0.5, 0.6) is 0 Å². The fourth-order valence-electron chi connectivity index (χ4n) is 2.33. The molecule has 0 bridgehead atoms. The van der Waals surface area contributed by atoms with Crippen molar-refractivity contribution in [1.29, 1.82) is 0 Å². The first-order chi connectivity index (χ1) is 12.4. The summed E-state index contributed by atoms with van der Waals surface area (Å²) in [6.07, 6.45) is 0.955. The van der Waals surface area contributed by atoms with Gasteiger partial charge in [0.2, 0.25) is 0 Å². The number of aryl methyl sites for hydroxylation is 1. The zero-order valence-corrected chi connectivity index (χ0v) is 16.6. The average molecular weight is 393 g/mol. The summed E-state index contributed by atoms with van der Waals surface area (Å²) in [6.45, 7) is 3.75. The SMILES string of the molecule is CCc1ccc(NC(=S)Nc2sc(C(=O)OC)c(C)c2C(=O)OC)cc1. The third-order valence-electron chi connectivity index (χ3n) is 3.75. The van der Waals surface area contributed by atoms with Crippen LogP contribution in [0.15, 0.2) is 24.3 Å². The van der Waals surface area contributed by atoms with Crippen molar-refractivity contribution in [1.82, 2.24) is 0 Å². The Morgan fingerprint density at radius 1 is 1.08 bits per heavy atom. The van der Waals surface area contributed by atoms with Gasteiger partial charge in [-0.3, -0.25) is 0 Å². The summed E-state index contributed by atoms with van der Waals surface area (Å²) in [6, 6.07) is 7.87. The molecule has 0 unspecified atom stereocenters. The minimum Gasteiger partial charge on any atom is -0.465 e. The van der Waals surface area contributed by atoms with Gasteiger partial charge in [-0.15, -0.1) is 11.3 Å². The topological polar surface area (TPSA) is 76.7 Å². The first-order valence-electron chi connectivity index (χ1n) is 7.88. The summed E-state index contributed by atoms with van der Waals surface area (Å²) in [7, 11) is 2.57. The van der Waals surface area contributed by atoms with Crippen molar-refractivity contribution in [2.24, 2.45) is 0 Å². The Bertz CT molecular complexity index is 828. The van der Waals surface area contributed by atoms with Crippen molar-refractivity contribution >= 4 is 51.3 Å². The van der Waals surface area contributed by atoms with E-state index < -0.39 is 11.9 Å². The molecule has 1 aromatic heterocycles. The summed E-state index contributed by atoms with van der Waals surface area (Å²) in [4.78, 5) is 24.4.